The van der Waals surface area contributed by atoms with E-state index in [-0.39, 0.29) is 12.0 Å². The fourth-order valence-corrected chi connectivity index (χ4v) is 4.33. The van der Waals surface area contributed by atoms with Crippen molar-refractivity contribution in [1.82, 2.24) is 15.0 Å². The van der Waals surface area contributed by atoms with Crippen LogP contribution in [0.15, 0.2) is 30.3 Å². The summed E-state index contributed by atoms with van der Waals surface area (Å²) in [5.41, 5.74) is 4.34. The number of imidazole rings is 1. The van der Waals surface area contributed by atoms with E-state index >= 15 is 0 Å². The summed E-state index contributed by atoms with van der Waals surface area (Å²) in [6, 6.07) is 10.7. The number of benzene rings is 1. The molecule has 2 heterocycles. The number of H-pyrrole nitrogens is 1. The van der Waals surface area contributed by atoms with Crippen molar-refractivity contribution in [2.75, 3.05) is 0 Å². The number of rotatable bonds is 5. The second-order valence-electron chi connectivity index (χ2n) is 8.06. The zero-order chi connectivity index (χ0) is 20.0. The molecule has 0 unspecified atom stereocenters. The number of pyridine rings is 1. The fraction of sp³-hybridized carbons (Fsp3) is 0.409. The van der Waals surface area contributed by atoms with Crippen molar-refractivity contribution >= 4 is 28.7 Å². The van der Waals surface area contributed by atoms with E-state index in [1.165, 1.54) is 18.4 Å². The maximum atomic E-state index is 11.1. The van der Waals surface area contributed by atoms with Gasteiger partial charge in [0, 0.05) is 5.56 Å². The lowest BCUT2D eigenvalue weighted by Gasteiger charge is -2.25. The molecule has 0 spiro atoms. The molecule has 2 aliphatic rings. The normalized spacial score (nSPS) is 22.0. The molecule has 3 aromatic rings. The third-order valence-electron chi connectivity index (χ3n) is 5.94. The van der Waals surface area contributed by atoms with Gasteiger partial charge in [0.15, 0.2) is 5.65 Å². The first-order valence-corrected chi connectivity index (χ1v) is 10.5. The first kappa shape index (κ1) is 18.4. The number of aliphatic carboxylic acids is 1. The van der Waals surface area contributed by atoms with E-state index in [2.05, 4.69) is 39.2 Å². The van der Waals surface area contributed by atoms with Gasteiger partial charge in [0.1, 0.15) is 6.10 Å². The third kappa shape index (κ3) is 3.81. The summed E-state index contributed by atoms with van der Waals surface area (Å²) in [7, 11) is 0. The summed E-state index contributed by atoms with van der Waals surface area (Å²) < 4.78 is 5.96. The van der Waals surface area contributed by atoms with Crippen molar-refractivity contribution in [1.29, 1.82) is 0 Å². The van der Waals surface area contributed by atoms with Gasteiger partial charge in [0.25, 0.3) is 6.01 Å². The van der Waals surface area contributed by atoms with Gasteiger partial charge in [-0.2, -0.15) is 4.98 Å². The molecule has 0 bridgehead atoms. The van der Waals surface area contributed by atoms with E-state index in [0.29, 0.717) is 54.0 Å². The van der Waals surface area contributed by atoms with Gasteiger partial charge in [-0.25, -0.2) is 4.98 Å². The van der Waals surface area contributed by atoms with Gasteiger partial charge in [-0.15, -0.1) is 0 Å². The number of hydrogen-bond acceptors (Lipinski definition) is 4. The van der Waals surface area contributed by atoms with E-state index in [1.807, 2.05) is 6.07 Å². The Bertz CT molecular complexity index is 1050. The Morgan fingerprint density at radius 2 is 1.79 bits per heavy atom. The first-order valence-electron chi connectivity index (χ1n) is 10.1. The van der Waals surface area contributed by atoms with Gasteiger partial charge in [0.05, 0.1) is 22.2 Å². The molecule has 0 amide bonds. The Hall–Kier alpha value is -2.60. The second-order valence-corrected chi connectivity index (χ2v) is 8.47. The molecular weight excluding hydrogens is 390 g/mol. The van der Waals surface area contributed by atoms with Crippen LogP contribution in [0, 0.1) is 5.92 Å². The number of carbonyl (C=O) groups is 1. The zero-order valence-corrected chi connectivity index (χ0v) is 16.7. The lowest BCUT2D eigenvalue weighted by atomic mass is 9.87. The van der Waals surface area contributed by atoms with Crippen LogP contribution in [0.2, 0.25) is 5.02 Å². The molecule has 5 rings (SSSR count). The molecule has 1 aromatic carbocycles. The quantitative estimate of drug-likeness (QED) is 0.604. The van der Waals surface area contributed by atoms with Gasteiger partial charge in [-0.05, 0) is 56.1 Å². The number of hydrogen-bond donors (Lipinski definition) is 2. The van der Waals surface area contributed by atoms with Crippen LogP contribution in [0.3, 0.4) is 0 Å². The molecule has 0 radical (unpaired) electrons. The molecule has 2 saturated carbocycles. The summed E-state index contributed by atoms with van der Waals surface area (Å²) >= 11 is 6.49. The Balaban J connectivity index is 1.34. The first-order chi connectivity index (χ1) is 14.1. The number of ether oxygens (including phenoxy) is 1. The number of aromatic amines is 1. The topological polar surface area (TPSA) is 88.1 Å². The van der Waals surface area contributed by atoms with E-state index in [9.17, 15) is 4.79 Å². The highest BCUT2D eigenvalue weighted by molar-refractivity contribution is 6.33. The molecule has 0 atom stereocenters. The summed E-state index contributed by atoms with van der Waals surface area (Å²) in [4.78, 5) is 23.4. The SMILES string of the molecule is O=C(O)C1CCC(Oc2nc3nc(-c4ccc(C5CC5)cc4)c(Cl)cc3[nH]2)CC1. The molecule has 2 aromatic heterocycles. The molecular formula is C22H22ClN3O3. The van der Waals surface area contributed by atoms with Crippen LogP contribution in [0.5, 0.6) is 6.01 Å². The third-order valence-corrected chi connectivity index (χ3v) is 6.23. The number of carboxylic acid groups (broad SMARTS) is 1. The average molecular weight is 412 g/mol. The lowest BCUT2D eigenvalue weighted by molar-refractivity contribution is -0.143. The number of carboxylic acids is 1. The van der Waals surface area contributed by atoms with Gasteiger partial charge in [0.2, 0.25) is 0 Å². The van der Waals surface area contributed by atoms with Gasteiger partial charge < -0.3 is 14.8 Å². The van der Waals surface area contributed by atoms with Crippen molar-refractivity contribution in [3.63, 3.8) is 0 Å². The van der Waals surface area contributed by atoms with Crippen molar-refractivity contribution in [2.24, 2.45) is 5.92 Å². The molecule has 7 heteroatoms. The van der Waals surface area contributed by atoms with Crippen LogP contribution in [0.4, 0.5) is 0 Å². The molecule has 2 aliphatic carbocycles. The highest BCUT2D eigenvalue weighted by atomic mass is 35.5. The largest absolute Gasteiger partial charge is 0.481 e. The molecule has 29 heavy (non-hydrogen) atoms. The fourth-order valence-electron chi connectivity index (χ4n) is 4.07. The number of fused-ring (bicyclic) bond motifs is 1. The molecule has 0 aliphatic heterocycles. The standard InChI is InChI=1S/C22H22ClN3O3/c23-17-11-18-20(25-19(17)14-5-3-13(4-6-14)12-1-2-12)26-22(24-18)29-16-9-7-15(8-10-16)21(27)28/h3-6,11-12,15-16H,1-2,7-10H2,(H,27,28)(H,24,25,26). The van der Waals surface area contributed by atoms with Crippen molar-refractivity contribution in [2.45, 2.75) is 50.5 Å². The van der Waals surface area contributed by atoms with Crippen molar-refractivity contribution in [3.8, 4) is 17.3 Å². The van der Waals surface area contributed by atoms with E-state index < -0.39 is 5.97 Å². The zero-order valence-electron chi connectivity index (χ0n) is 15.9. The predicted octanol–water partition coefficient (Wildman–Crippen LogP) is 5.18. The Morgan fingerprint density at radius 1 is 1.07 bits per heavy atom. The molecule has 2 N–H and O–H groups in total. The van der Waals surface area contributed by atoms with Crippen LogP contribution in [-0.2, 0) is 4.79 Å². The molecule has 6 nitrogen and oxygen atoms in total. The predicted molar refractivity (Wildman–Crippen MR) is 110 cm³/mol. The average Bonchev–Trinajstić information content (AvgIpc) is 3.49. The summed E-state index contributed by atoms with van der Waals surface area (Å²) in [5, 5.41) is 9.68. The summed E-state index contributed by atoms with van der Waals surface area (Å²) in [5.74, 6) is -0.268. The van der Waals surface area contributed by atoms with Gasteiger partial charge in [-0.1, -0.05) is 35.9 Å². The van der Waals surface area contributed by atoms with Crippen LogP contribution in [0.1, 0.15) is 50.0 Å². The van der Waals surface area contributed by atoms with Crippen LogP contribution in [-0.4, -0.2) is 32.1 Å². The molecule has 2 fully saturated rings. The Morgan fingerprint density at radius 3 is 2.45 bits per heavy atom. The highest BCUT2D eigenvalue weighted by Gasteiger charge is 2.27. The summed E-state index contributed by atoms with van der Waals surface area (Å²) in [6.07, 6.45) is 5.20. The van der Waals surface area contributed by atoms with Crippen LogP contribution >= 0.6 is 11.6 Å². The maximum Gasteiger partial charge on any atom is 0.306 e. The minimum absolute atomic E-state index is 0.0314. The second kappa shape index (κ2) is 7.34. The summed E-state index contributed by atoms with van der Waals surface area (Å²) in [6.45, 7) is 0. The van der Waals surface area contributed by atoms with E-state index in [4.69, 9.17) is 21.4 Å². The van der Waals surface area contributed by atoms with Crippen LogP contribution in [0.25, 0.3) is 22.4 Å². The molecule has 150 valence electrons. The van der Waals surface area contributed by atoms with E-state index in [1.54, 1.807) is 0 Å². The number of halogens is 1. The minimum atomic E-state index is -0.719. The maximum absolute atomic E-state index is 11.1. The number of nitrogens with zero attached hydrogens (tertiary/aromatic N) is 2. The Labute approximate surface area is 173 Å². The molecule has 0 saturated heterocycles. The highest BCUT2D eigenvalue weighted by Crippen LogP contribution is 2.41. The smallest absolute Gasteiger partial charge is 0.306 e. The van der Waals surface area contributed by atoms with Gasteiger partial charge >= 0.3 is 5.97 Å². The van der Waals surface area contributed by atoms with E-state index in [0.717, 1.165) is 11.1 Å². The van der Waals surface area contributed by atoms with Crippen molar-refractivity contribution in [3.05, 3.63) is 40.9 Å². The monoisotopic (exact) mass is 411 g/mol. The Kier molecular flexibility index (Phi) is 4.66. The minimum Gasteiger partial charge on any atom is -0.481 e. The lowest BCUT2D eigenvalue weighted by Crippen LogP contribution is -2.28. The number of aromatic nitrogens is 3. The van der Waals surface area contributed by atoms with Crippen molar-refractivity contribution < 1.29 is 14.6 Å². The number of nitrogens with one attached hydrogen (secondary N) is 1. The van der Waals surface area contributed by atoms with Gasteiger partial charge in [-0.3, -0.25) is 4.79 Å². The van der Waals surface area contributed by atoms with Crippen LogP contribution < -0.4 is 4.74 Å².